The number of ether oxygens (including phenoxy) is 1. The number of amides is 2. The monoisotopic (exact) mass is 298 g/mol. The molecule has 0 N–H and O–H groups in total. The van der Waals surface area contributed by atoms with Gasteiger partial charge in [0, 0.05) is 33.3 Å². The number of fused-ring (bicyclic) bond motifs is 1. The molecule has 2 amide bonds. The highest BCUT2D eigenvalue weighted by atomic mass is 19.1. The molecule has 6 heteroatoms. The van der Waals surface area contributed by atoms with E-state index in [1.54, 1.807) is 12.0 Å². The summed E-state index contributed by atoms with van der Waals surface area (Å²) in [5.74, 6) is -0.244. The fourth-order valence-corrected chi connectivity index (χ4v) is 3.68. The van der Waals surface area contributed by atoms with Crippen molar-refractivity contribution in [1.29, 1.82) is 0 Å². The number of hydrogen-bond donors (Lipinski definition) is 0. The number of methoxy groups -OCH3 is 1. The van der Waals surface area contributed by atoms with E-state index in [2.05, 4.69) is 0 Å². The Bertz CT molecular complexity index is 439. The Morgan fingerprint density at radius 1 is 1.43 bits per heavy atom. The van der Waals surface area contributed by atoms with Gasteiger partial charge in [-0.25, -0.2) is 4.39 Å². The van der Waals surface area contributed by atoms with Crippen molar-refractivity contribution in [2.75, 3.05) is 39.9 Å². The van der Waals surface area contributed by atoms with Gasteiger partial charge in [-0.15, -0.1) is 0 Å². The molecule has 0 spiro atoms. The maximum absolute atomic E-state index is 14.3. The van der Waals surface area contributed by atoms with Gasteiger partial charge in [0.15, 0.2) is 5.67 Å². The molecule has 0 aromatic carbocycles. The summed E-state index contributed by atoms with van der Waals surface area (Å²) in [5, 5.41) is 0. The lowest BCUT2D eigenvalue weighted by Crippen LogP contribution is -2.50. The van der Waals surface area contributed by atoms with E-state index in [0.29, 0.717) is 45.6 Å². The lowest BCUT2D eigenvalue weighted by Gasteiger charge is -2.35. The fraction of sp³-hybridized carbons (Fsp3) is 0.867. The Labute approximate surface area is 124 Å². The molecule has 3 rings (SSSR count). The molecule has 3 aliphatic rings. The molecule has 21 heavy (non-hydrogen) atoms. The van der Waals surface area contributed by atoms with Crippen LogP contribution in [0.15, 0.2) is 0 Å². The third kappa shape index (κ3) is 2.54. The van der Waals surface area contributed by atoms with Gasteiger partial charge in [0.25, 0.3) is 5.91 Å². The van der Waals surface area contributed by atoms with Crippen LogP contribution in [0.4, 0.5) is 4.39 Å². The first-order valence-corrected chi connectivity index (χ1v) is 7.81. The number of carbonyl (C=O) groups excluding carboxylic acids is 2. The average molecular weight is 298 g/mol. The van der Waals surface area contributed by atoms with Crippen LogP contribution in [0.25, 0.3) is 0 Å². The Morgan fingerprint density at radius 3 is 2.81 bits per heavy atom. The molecule has 0 unspecified atom stereocenters. The first kappa shape index (κ1) is 14.8. The predicted octanol–water partition coefficient (Wildman–Crippen LogP) is 0.832. The van der Waals surface area contributed by atoms with Crippen LogP contribution in [0.5, 0.6) is 0 Å². The molecular weight excluding hydrogens is 275 g/mol. The number of alkyl halides is 1. The van der Waals surface area contributed by atoms with Crippen LogP contribution in [0.3, 0.4) is 0 Å². The topological polar surface area (TPSA) is 49.9 Å². The number of piperidine rings is 1. The van der Waals surface area contributed by atoms with Crippen molar-refractivity contribution in [3.8, 4) is 0 Å². The number of nitrogens with zero attached hydrogens (tertiary/aromatic N) is 2. The maximum atomic E-state index is 14.3. The molecule has 1 saturated carbocycles. The van der Waals surface area contributed by atoms with E-state index in [1.165, 1.54) is 0 Å². The van der Waals surface area contributed by atoms with E-state index in [1.807, 2.05) is 4.90 Å². The number of carbonyl (C=O) groups is 2. The minimum absolute atomic E-state index is 0.0973. The Morgan fingerprint density at radius 2 is 2.19 bits per heavy atom. The Balaban J connectivity index is 1.62. The molecule has 2 aliphatic heterocycles. The summed E-state index contributed by atoms with van der Waals surface area (Å²) in [7, 11) is 1.62. The molecule has 0 radical (unpaired) electrons. The minimum atomic E-state index is -1.65. The molecule has 0 aromatic rings. The fourth-order valence-electron chi connectivity index (χ4n) is 3.68. The smallest absolute Gasteiger partial charge is 0.260 e. The molecule has 0 aromatic heterocycles. The van der Waals surface area contributed by atoms with E-state index >= 15 is 0 Å². The van der Waals surface area contributed by atoms with E-state index in [4.69, 9.17) is 4.74 Å². The van der Waals surface area contributed by atoms with Crippen molar-refractivity contribution < 1.29 is 18.7 Å². The van der Waals surface area contributed by atoms with Crippen molar-refractivity contribution in [3.05, 3.63) is 0 Å². The van der Waals surface area contributed by atoms with Crippen molar-refractivity contribution >= 4 is 11.8 Å². The maximum Gasteiger partial charge on any atom is 0.260 e. The van der Waals surface area contributed by atoms with Crippen molar-refractivity contribution in [3.63, 3.8) is 0 Å². The van der Waals surface area contributed by atoms with Gasteiger partial charge in [-0.05, 0) is 31.6 Å². The highest BCUT2D eigenvalue weighted by molar-refractivity contribution is 5.88. The summed E-state index contributed by atoms with van der Waals surface area (Å²) in [6, 6.07) is 0. The SMILES string of the molecule is COCCN1CC[C@H]2CN(C(=O)C3(F)CCC3)C[C@@H]2C1=O. The van der Waals surface area contributed by atoms with E-state index in [0.717, 1.165) is 12.8 Å². The number of rotatable bonds is 4. The lowest BCUT2D eigenvalue weighted by molar-refractivity contribution is -0.149. The molecule has 1 aliphatic carbocycles. The van der Waals surface area contributed by atoms with Gasteiger partial charge in [0.05, 0.1) is 12.5 Å². The van der Waals surface area contributed by atoms with Gasteiger partial charge in [0.2, 0.25) is 5.91 Å². The first-order valence-electron chi connectivity index (χ1n) is 7.81. The van der Waals surface area contributed by atoms with E-state index in [-0.39, 0.29) is 23.7 Å². The van der Waals surface area contributed by atoms with Gasteiger partial charge < -0.3 is 14.5 Å². The number of likely N-dealkylation sites (tertiary alicyclic amines) is 2. The molecule has 118 valence electrons. The predicted molar refractivity (Wildman–Crippen MR) is 74.3 cm³/mol. The molecule has 2 atom stereocenters. The first-order chi connectivity index (χ1) is 10.0. The Kier molecular flexibility index (Phi) is 3.90. The van der Waals surface area contributed by atoms with Gasteiger partial charge in [-0.2, -0.15) is 0 Å². The largest absolute Gasteiger partial charge is 0.383 e. The summed E-state index contributed by atoms with van der Waals surface area (Å²) in [6.07, 6.45) is 2.35. The highest BCUT2D eigenvalue weighted by Gasteiger charge is 2.51. The molecular formula is C15H23FN2O3. The van der Waals surface area contributed by atoms with Crippen LogP contribution in [0.2, 0.25) is 0 Å². The second kappa shape index (κ2) is 5.55. The second-order valence-corrected chi connectivity index (χ2v) is 6.50. The average Bonchev–Trinajstić information content (AvgIpc) is 2.88. The summed E-state index contributed by atoms with van der Waals surface area (Å²) < 4.78 is 19.3. The molecule has 5 nitrogen and oxygen atoms in total. The zero-order chi connectivity index (χ0) is 15.0. The molecule has 2 heterocycles. The standard InChI is InChI=1S/C15H23FN2O3/c1-21-8-7-17-6-3-11-9-18(10-12(11)13(17)19)14(20)15(16)4-2-5-15/h11-12H,2-10H2,1H3/t11-,12-/m0/s1. The second-order valence-electron chi connectivity index (χ2n) is 6.50. The summed E-state index contributed by atoms with van der Waals surface area (Å²) in [6.45, 7) is 2.77. The quantitative estimate of drug-likeness (QED) is 0.772. The molecule has 2 saturated heterocycles. The number of halogens is 1. The summed E-state index contributed by atoms with van der Waals surface area (Å²) in [5.41, 5.74) is -1.65. The van der Waals surface area contributed by atoms with Crippen LogP contribution < -0.4 is 0 Å². The molecule has 0 bridgehead atoms. The van der Waals surface area contributed by atoms with Crippen molar-refractivity contribution in [2.24, 2.45) is 11.8 Å². The van der Waals surface area contributed by atoms with E-state index in [9.17, 15) is 14.0 Å². The van der Waals surface area contributed by atoms with Crippen LogP contribution in [-0.2, 0) is 14.3 Å². The van der Waals surface area contributed by atoms with Crippen LogP contribution in [-0.4, -0.2) is 67.2 Å². The van der Waals surface area contributed by atoms with Crippen molar-refractivity contribution in [1.82, 2.24) is 9.80 Å². The van der Waals surface area contributed by atoms with Crippen LogP contribution >= 0.6 is 0 Å². The third-order valence-corrected chi connectivity index (χ3v) is 5.22. The normalized spacial score (nSPS) is 31.0. The zero-order valence-electron chi connectivity index (χ0n) is 12.5. The van der Waals surface area contributed by atoms with E-state index < -0.39 is 5.67 Å². The zero-order valence-corrected chi connectivity index (χ0v) is 12.5. The highest BCUT2D eigenvalue weighted by Crippen LogP contribution is 2.40. The number of hydrogen-bond acceptors (Lipinski definition) is 3. The van der Waals surface area contributed by atoms with Gasteiger partial charge >= 0.3 is 0 Å². The van der Waals surface area contributed by atoms with Crippen LogP contribution in [0.1, 0.15) is 25.7 Å². The van der Waals surface area contributed by atoms with Crippen LogP contribution in [0, 0.1) is 11.8 Å². The summed E-state index contributed by atoms with van der Waals surface area (Å²) in [4.78, 5) is 28.1. The Hall–Kier alpha value is -1.17. The minimum Gasteiger partial charge on any atom is -0.383 e. The third-order valence-electron chi connectivity index (χ3n) is 5.22. The molecule has 3 fully saturated rings. The van der Waals surface area contributed by atoms with Crippen molar-refractivity contribution in [2.45, 2.75) is 31.4 Å². The lowest BCUT2D eigenvalue weighted by atomic mass is 9.81. The van der Waals surface area contributed by atoms with Gasteiger partial charge in [0.1, 0.15) is 0 Å². The summed E-state index contributed by atoms with van der Waals surface area (Å²) >= 11 is 0. The van der Waals surface area contributed by atoms with Gasteiger partial charge in [-0.1, -0.05) is 0 Å². The van der Waals surface area contributed by atoms with Gasteiger partial charge in [-0.3, -0.25) is 9.59 Å².